The van der Waals surface area contributed by atoms with Crippen molar-refractivity contribution in [2.45, 2.75) is 34.6 Å². The third-order valence-corrected chi connectivity index (χ3v) is 4.29. The lowest BCUT2D eigenvalue weighted by molar-refractivity contribution is 1.31. The highest BCUT2D eigenvalue weighted by atomic mass is 14.8. The minimum Gasteiger partial charge on any atom is -0.253 e. The first kappa shape index (κ1) is 17.0. The predicted octanol–water partition coefficient (Wildman–Crippen LogP) is 5.96. The fourth-order valence-corrected chi connectivity index (χ4v) is 2.42. The Balaban J connectivity index is 2.45. The Kier molecular flexibility index (Phi) is 5.33. The van der Waals surface area contributed by atoms with E-state index in [1.54, 1.807) is 6.08 Å². The Morgan fingerprint density at radius 1 is 0.826 bits per heavy atom. The molecule has 0 amide bonds. The Hall–Kier alpha value is -2.41. The highest BCUT2D eigenvalue weighted by Crippen LogP contribution is 2.21. The summed E-state index contributed by atoms with van der Waals surface area (Å²) in [7, 11) is 0. The standard InChI is InChI=1S/C22H25N/c1-7-8-22(21-12-10-16(3)18(5)14-21)23-19(6)20-11-9-15(2)17(4)13-20/h7-14H,1H2,2-6H3/b22-8-,23-19+. The molecule has 0 bridgehead atoms. The van der Waals surface area contributed by atoms with Crippen molar-refractivity contribution >= 4 is 11.4 Å². The van der Waals surface area contributed by atoms with Gasteiger partial charge < -0.3 is 0 Å². The number of aryl methyl sites for hydroxylation is 4. The zero-order valence-corrected chi connectivity index (χ0v) is 14.8. The molecule has 2 aromatic carbocycles. The van der Waals surface area contributed by atoms with Crippen LogP contribution in [-0.4, -0.2) is 5.71 Å². The average Bonchev–Trinajstić information content (AvgIpc) is 2.52. The molecule has 0 saturated heterocycles. The first-order valence-electron chi connectivity index (χ1n) is 7.95. The van der Waals surface area contributed by atoms with Gasteiger partial charge in [0.05, 0.1) is 5.70 Å². The molecule has 0 aliphatic rings. The first-order valence-corrected chi connectivity index (χ1v) is 7.95. The Morgan fingerprint density at radius 2 is 1.35 bits per heavy atom. The fraction of sp³-hybridized carbons (Fsp3) is 0.227. The Labute approximate surface area is 140 Å². The van der Waals surface area contributed by atoms with Crippen molar-refractivity contribution in [2.24, 2.45) is 4.99 Å². The van der Waals surface area contributed by atoms with Crippen molar-refractivity contribution in [3.63, 3.8) is 0 Å². The van der Waals surface area contributed by atoms with Crippen molar-refractivity contribution in [1.82, 2.24) is 0 Å². The van der Waals surface area contributed by atoms with Gasteiger partial charge in [0.15, 0.2) is 0 Å². The molecule has 0 aliphatic heterocycles. The van der Waals surface area contributed by atoms with Crippen LogP contribution in [0, 0.1) is 27.7 Å². The van der Waals surface area contributed by atoms with Gasteiger partial charge in [0.2, 0.25) is 0 Å². The van der Waals surface area contributed by atoms with Crippen molar-refractivity contribution in [3.05, 3.63) is 88.5 Å². The molecule has 0 spiro atoms. The zero-order chi connectivity index (χ0) is 17.0. The number of hydrogen-bond acceptors (Lipinski definition) is 1. The molecule has 0 fully saturated rings. The number of allylic oxidation sites excluding steroid dienone is 2. The summed E-state index contributed by atoms with van der Waals surface area (Å²) in [5.41, 5.74) is 9.40. The molecule has 0 aromatic heterocycles. The minimum absolute atomic E-state index is 0.943. The van der Waals surface area contributed by atoms with Gasteiger partial charge in [0.1, 0.15) is 0 Å². The monoisotopic (exact) mass is 303 g/mol. The summed E-state index contributed by atoms with van der Waals surface area (Å²) in [4.78, 5) is 4.85. The van der Waals surface area contributed by atoms with Crippen LogP contribution in [0.4, 0.5) is 0 Å². The first-order chi connectivity index (χ1) is 10.9. The summed E-state index contributed by atoms with van der Waals surface area (Å²) in [5.74, 6) is 0. The van der Waals surface area contributed by atoms with Crippen LogP contribution in [0.5, 0.6) is 0 Å². The molecular formula is C22H25N. The number of hydrogen-bond donors (Lipinski definition) is 0. The van der Waals surface area contributed by atoms with E-state index in [9.17, 15) is 0 Å². The van der Waals surface area contributed by atoms with Gasteiger partial charge in [-0.15, -0.1) is 0 Å². The van der Waals surface area contributed by atoms with Crippen LogP contribution >= 0.6 is 0 Å². The van der Waals surface area contributed by atoms with Crippen LogP contribution in [0.2, 0.25) is 0 Å². The molecule has 0 radical (unpaired) electrons. The van der Waals surface area contributed by atoms with Crippen LogP contribution in [0.3, 0.4) is 0 Å². The molecule has 2 aromatic rings. The van der Waals surface area contributed by atoms with Gasteiger partial charge in [-0.1, -0.05) is 36.9 Å². The lowest BCUT2D eigenvalue weighted by atomic mass is 10.0. The summed E-state index contributed by atoms with van der Waals surface area (Å²) in [6.07, 6.45) is 3.76. The summed E-state index contributed by atoms with van der Waals surface area (Å²) in [5, 5.41) is 0. The maximum atomic E-state index is 4.85. The highest BCUT2D eigenvalue weighted by molar-refractivity contribution is 6.02. The van der Waals surface area contributed by atoms with Crippen LogP contribution < -0.4 is 0 Å². The third kappa shape index (κ3) is 4.07. The normalized spacial score (nSPS) is 12.4. The molecule has 1 nitrogen and oxygen atoms in total. The molecule has 2 rings (SSSR count). The average molecular weight is 303 g/mol. The molecule has 0 saturated carbocycles. The molecule has 23 heavy (non-hydrogen) atoms. The maximum Gasteiger partial charge on any atom is 0.0705 e. The quantitative estimate of drug-likeness (QED) is 0.488. The van der Waals surface area contributed by atoms with Crippen LogP contribution in [0.1, 0.15) is 40.3 Å². The summed E-state index contributed by atoms with van der Waals surface area (Å²) >= 11 is 0. The van der Waals surface area contributed by atoms with Crippen molar-refractivity contribution < 1.29 is 0 Å². The second-order valence-corrected chi connectivity index (χ2v) is 6.08. The lowest BCUT2D eigenvalue weighted by Gasteiger charge is -2.09. The molecule has 0 aliphatic carbocycles. The molecular weight excluding hydrogens is 278 g/mol. The largest absolute Gasteiger partial charge is 0.253 e. The predicted molar refractivity (Wildman–Crippen MR) is 102 cm³/mol. The van der Waals surface area contributed by atoms with Crippen molar-refractivity contribution in [2.75, 3.05) is 0 Å². The van der Waals surface area contributed by atoms with Crippen molar-refractivity contribution in [3.8, 4) is 0 Å². The molecule has 0 N–H and O–H groups in total. The number of aliphatic imine (C=N–C) groups is 1. The number of rotatable bonds is 4. The van der Waals surface area contributed by atoms with Gasteiger partial charge >= 0.3 is 0 Å². The van der Waals surface area contributed by atoms with Crippen LogP contribution in [0.15, 0.2) is 60.1 Å². The van der Waals surface area contributed by atoms with E-state index in [0.29, 0.717) is 0 Å². The van der Waals surface area contributed by atoms with Gasteiger partial charge in [-0.25, -0.2) is 0 Å². The van der Waals surface area contributed by atoms with Gasteiger partial charge in [-0.2, -0.15) is 0 Å². The van der Waals surface area contributed by atoms with Crippen molar-refractivity contribution in [1.29, 1.82) is 0 Å². The van der Waals surface area contributed by atoms with E-state index in [0.717, 1.165) is 22.5 Å². The zero-order valence-electron chi connectivity index (χ0n) is 14.8. The lowest BCUT2D eigenvalue weighted by Crippen LogP contribution is -1.97. The molecule has 118 valence electrons. The second-order valence-electron chi connectivity index (χ2n) is 6.08. The van der Waals surface area contributed by atoms with E-state index in [1.165, 1.54) is 22.3 Å². The summed E-state index contributed by atoms with van der Waals surface area (Å²) in [6, 6.07) is 12.9. The van der Waals surface area contributed by atoms with E-state index in [4.69, 9.17) is 4.99 Å². The van der Waals surface area contributed by atoms with E-state index in [1.807, 2.05) is 6.08 Å². The summed E-state index contributed by atoms with van der Waals surface area (Å²) < 4.78 is 0. The van der Waals surface area contributed by atoms with Crippen LogP contribution in [-0.2, 0) is 0 Å². The molecule has 1 heteroatoms. The van der Waals surface area contributed by atoms with E-state index in [-0.39, 0.29) is 0 Å². The fourth-order valence-electron chi connectivity index (χ4n) is 2.42. The molecule has 0 atom stereocenters. The molecule has 0 heterocycles. The van der Waals surface area contributed by atoms with E-state index in [2.05, 4.69) is 77.6 Å². The van der Waals surface area contributed by atoms with Gasteiger partial charge in [-0.05, 0) is 80.6 Å². The molecule has 0 unspecified atom stereocenters. The topological polar surface area (TPSA) is 12.4 Å². The van der Waals surface area contributed by atoms with Gasteiger partial charge in [0.25, 0.3) is 0 Å². The Morgan fingerprint density at radius 3 is 1.87 bits per heavy atom. The minimum atomic E-state index is 0.943. The maximum absolute atomic E-state index is 4.85. The second kappa shape index (κ2) is 7.23. The van der Waals surface area contributed by atoms with Gasteiger partial charge in [0, 0.05) is 11.3 Å². The van der Waals surface area contributed by atoms with Crippen LogP contribution in [0.25, 0.3) is 5.70 Å². The smallest absolute Gasteiger partial charge is 0.0705 e. The number of benzene rings is 2. The highest BCUT2D eigenvalue weighted by Gasteiger charge is 2.05. The Bertz CT molecular complexity index is 792. The SMILES string of the molecule is C=C/C=C(\N=C(/C)c1ccc(C)c(C)c1)c1ccc(C)c(C)c1. The van der Waals surface area contributed by atoms with E-state index >= 15 is 0 Å². The van der Waals surface area contributed by atoms with Gasteiger partial charge in [-0.3, -0.25) is 4.99 Å². The van der Waals surface area contributed by atoms with E-state index < -0.39 is 0 Å². The summed E-state index contributed by atoms with van der Waals surface area (Å²) in [6.45, 7) is 14.4. The third-order valence-electron chi connectivity index (χ3n) is 4.29. The number of nitrogens with zero attached hydrogens (tertiary/aromatic N) is 1.